The van der Waals surface area contributed by atoms with Crippen LogP contribution in [0.2, 0.25) is 31.4 Å². The Labute approximate surface area is 224 Å². The van der Waals surface area contributed by atoms with E-state index in [1.807, 2.05) is 0 Å². The van der Waals surface area contributed by atoms with Crippen LogP contribution in [0.1, 0.15) is 92.1 Å². The molecule has 36 heavy (non-hydrogen) atoms. The Morgan fingerprint density at radius 2 is 1.44 bits per heavy atom. The van der Waals surface area contributed by atoms with Gasteiger partial charge in [0, 0.05) is 0 Å². The first-order chi connectivity index (χ1) is 17.2. The third-order valence-corrected chi connectivity index (χ3v) is 27.5. The van der Waals surface area contributed by atoms with Crippen LogP contribution in [0.3, 0.4) is 0 Å². The quantitative estimate of drug-likeness (QED) is 0.111. The molecule has 0 spiro atoms. The van der Waals surface area contributed by atoms with Gasteiger partial charge in [0.15, 0.2) is 0 Å². The molecular weight excluding hydrogens is 584 g/mol. The summed E-state index contributed by atoms with van der Waals surface area (Å²) < 4.78 is 58.0. The molecular formula is C29H51F3O2SiSn. The van der Waals surface area contributed by atoms with E-state index in [9.17, 15) is 13.2 Å². The molecule has 208 valence electrons. The van der Waals surface area contributed by atoms with Gasteiger partial charge < -0.3 is 0 Å². The summed E-state index contributed by atoms with van der Waals surface area (Å²) in [6.07, 6.45) is 6.62. The number of rotatable bonds is 19. The van der Waals surface area contributed by atoms with Gasteiger partial charge in [-0.2, -0.15) is 0 Å². The minimum atomic E-state index is -4.36. The number of alkyl halides is 3. The van der Waals surface area contributed by atoms with Gasteiger partial charge in [-0.25, -0.2) is 0 Å². The van der Waals surface area contributed by atoms with Crippen LogP contribution in [0.15, 0.2) is 34.1 Å². The van der Waals surface area contributed by atoms with Crippen LogP contribution in [0, 0.1) is 0 Å². The zero-order chi connectivity index (χ0) is 27.1. The summed E-state index contributed by atoms with van der Waals surface area (Å²) in [5, 5.41) is 0. The Hall–Kier alpha value is -0.634. The third kappa shape index (κ3) is 10.6. The predicted molar refractivity (Wildman–Crippen MR) is 153 cm³/mol. The van der Waals surface area contributed by atoms with Crippen molar-refractivity contribution >= 4 is 26.7 Å². The Morgan fingerprint density at radius 3 is 1.89 bits per heavy atom. The van der Waals surface area contributed by atoms with Crippen LogP contribution in [0.5, 0.6) is 5.75 Å². The Morgan fingerprint density at radius 1 is 0.889 bits per heavy atom. The van der Waals surface area contributed by atoms with E-state index in [-0.39, 0.29) is 5.75 Å². The number of benzene rings is 1. The van der Waals surface area contributed by atoms with Gasteiger partial charge in [0.1, 0.15) is 0 Å². The molecule has 0 aliphatic heterocycles. The number of hydrogen-bond donors (Lipinski definition) is 0. The molecule has 0 atom stereocenters. The second-order valence-corrected chi connectivity index (χ2v) is 27.7. The molecule has 0 amide bonds. The Kier molecular flexibility index (Phi) is 15.8. The summed E-state index contributed by atoms with van der Waals surface area (Å²) in [6.45, 7) is 14.0. The molecule has 0 fully saturated rings. The number of halogens is 3. The van der Waals surface area contributed by atoms with Gasteiger partial charge in [-0.05, 0) is 0 Å². The van der Waals surface area contributed by atoms with Gasteiger partial charge >= 0.3 is 225 Å². The number of unbranched alkanes of at least 4 members (excludes halogenated alkanes) is 3. The Balaban J connectivity index is 3.17. The van der Waals surface area contributed by atoms with Crippen molar-refractivity contribution in [1.29, 1.82) is 0 Å². The zero-order valence-corrected chi connectivity index (χ0v) is 27.6. The van der Waals surface area contributed by atoms with Crippen LogP contribution in [-0.2, 0) is 10.6 Å². The van der Waals surface area contributed by atoms with E-state index >= 15 is 0 Å². The normalized spacial score (nSPS) is 13.2. The van der Waals surface area contributed by atoms with E-state index in [0.29, 0.717) is 6.61 Å². The fourth-order valence-corrected chi connectivity index (χ4v) is 26.4. The monoisotopic (exact) mass is 636 g/mol. The minimum absolute atomic E-state index is 0.284. The summed E-state index contributed by atoms with van der Waals surface area (Å²) in [5.74, 6) is 0.284. The number of allylic oxidation sites excluding steroid dienone is 1. The summed E-state index contributed by atoms with van der Waals surface area (Å²) in [6, 6.07) is 8.01. The summed E-state index contributed by atoms with van der Waals surface area (Å²) >= 11 is -2.73. The van der Waals surface area contributed by atoms with Gasteiger partial charge in [0.25, 0.3) is 0 Å². The van der Waals surface area contributed by atoms with E-state index in [1.165, 1.54) is 61.7 Å². The van der Waals surface area contributed by atoms with Crippen LogP contribution in [0.25, 0.3) is 0 Å². The van der Waals surface area contributed by atoms with Crippen molar-refractivity contribution in [2.75, 3.05) is 6.61 Å². The van der Waals surface area contributed by atoms with Gasteiger partial charge in [-0.15, -0.1) is 0 Å². The van der Waals surface area contributed by atoms with Crippen molar-refractivity contribution in [3.8, 4) is 5.75 Å². The van der Waals surface area contributed by atoms with Crippen LogP contribution in [0.4, 0.5) is 13.2 Å². The van der Waals surface area contributed by atoms with E-state index in [0.717, 1.165) is 36.7 Å². The molecule has 0 unspecified atom stereocenters. The van der Waals surface area contributed by atoms with Gasteiger partial charge in [0.05, 0.1) is 0 Å². The molecule has 1 aromatic carbocycles. The molecule has 0 aliphatic rings. The average Bonchev–Trinajstić information content (AvgIpc) is 2.87. The SMILES string of the molecule is CC/C=[C](\O[Si](CC)(CC)CCOc1cccc(C(F)(F)F)c1)[Sn]([CH2]CCC)([CH2]CCC)[CH2]CCC. The molecule has 0 saturated heterocycles. The first-order valence-electron chi connectivity index (χ1n) is 14.4. The molecule has 0 radical (unpaired) electrons. The van der Waals surface area contributed by atoms with Gasteiger partial charge in [-0.1, -0.05) is 0 Å². The predicted octanol–water partition coefficient (Wildman–Crippen LogP) is 10.8. The van der Waals surface area contributed by atoms with E-state index < -0.39 is 38.4 Å². The van der Waals surface area contributed by atoms with Crippen molar-refractivity contribution in [2.45, 2.75) is 124 Å². The molecule has 1 aromatic rings. The second kappa shape index (κ2) is 17.1. The molecule has 0 bridgehead atoms. The third-order valence-electron chi connectivity index (χ3n) is 7.54. The van der Waals surface area contributed by atoms with E-state index in [1.54, 1.807) is 6.07 Å². The molecule has 2 nitrogen and oxygen atoms in total. The fraction of sp³-hybridized carbons (Fsp3) is 0.724. The van der Waals surface area contributed by atoms with Crippen molar-refractivity contribution in [3.63, 3.8) is 0 Å². The van der Waals surface area contributed by atoms with E-state index in [4.69, 9.17) is 9.16 Å². The van der Waals surface area contributed by atoms with Crippen molar-refractivity contribution in [1.82, 2.24) is 0 Å². The Bertz CT molecular complexity index is 741. The molecule has 0 aliphatic carbocycles. The van der Waals surface area contributed by atoms with E-state index in [2.05, 4.69) is 47.6 Å². The molecule has 0 aromatic heterocycles. The fourth-order valence-electron chi connectivity index (χ4n) is 4.99. The molecule has 0 N–H and O–H groups in total. The topological polar surface area (TPSA) is 18.5 Å². The number of ether oxygens (including phenoxy) is 1. The van der Waals surface area contributed by atoms with Crippen molar-refractivity contribution in [3.05, 3.63) is 39.7 Å². The van der Waals surface area contributed by atoms with Crippen LogP contribution >= 0.6 is 0 Å². The summed E-state index contributed by atoms with van der Waals surface area (Å²) in [7, 11) is -2.14. The maximum absolute atomic E-state index is 13.1. The summed E-state index contributed by atoms with van der Waals surface area (Å²) in [5.41, 5.74) is -0.666. The number of hydrogen-bond acceptors (Lipinski definition) is 2. The van der Waals surface area contributed by atoms with Gasteiger partial charge in [0.2, 0.25) is 0 Å². The van der Waals surface area contributed by atoms with Crippen molar-refractivity contribution in [2.24, 2.45) is 0 Å². The van der Waals surface area contributed by atoms with Crippen LogP contribution in [-0.4, -0.2) is 33.3 Å². The van der Waals surface area contributed by atoms with Crippen molar-refractivity contribution < 1.29 is 22.3 Å². The molecule has 0 saturated carbocycles. The first-order valence-corrected chi connectivity index (χ1v) is 24.4. The standard InChI is InChI=1S/C17H24F3O2Si.3C4H9.Sn/c1-4-7-11-22-23(5-2,6-3)13-12-21-16-10-8-9-15(14-16)17(18,19)20;3*1-3-4-2;/h7-10,14H,4-6,12-13H2,1-3H3;3*1,3-4H2,2H3;. The maximum atomic E-state index is 13.1. The zero-order valence-electron chi connectivity index (χ0n) is 23.7. The summed E-state index contributed by atoms with van der Waals surface area (Å²) in [4.78, 5) is 0. The average molecular weight is 636 g/mol. The van der Waals surface area contributed by atoms with Gasteiger partial charge in [-0.3, -0.25) is 0 Å². The molecule has 1 rings (SSSR count). The molecule has 0 heterocycles. The second-order valence-electron chi connectivity index (χ2n) is 10.2. The first kappa shape index (κ1) is 33.4. The van der Waals surface area contributed by atoms with Crippen LogP contribution < -0.4 is 4.74 Å². The molecule has 7 heteroatoms.